The maximum Gasteiger partial charge on any atom is 0.343 e. The van der Waals surface area contributed by atoms with Crippen LogP contribution in [0.1, 0.15) is 30.1 Å². The van der Waals surface area contributed by atoms with Crippen molar-refractivity contribution in [3.8, 4) is 0 Å². The third kappa shape index (κ3) is 3.11. The number of nitrogens with one attached hydrogen (secondary N) is 2. The van der Waals surface area contributed by atoms with Crippen LogP contribution in [-0.4, -0.2) is 27.9 Å². The van der Waals surface area contributed by atoms with E-state index in [1.54, 1.807) is 4.57 Å². The van der Waals surface area contributed by atoms with E-state index in [2.05, 4.69) is 15.5 Å². The molecule has 0 aliphatic carbocycles. The summed E-state index contributed by atoms with van der Waals surface area (Å²) in [5.74, 6) is 1.28. The summed E-state index contributed by atoms with van der Waals surface area (Å²) in [6.07, 6.45) is 2.08. The minimum absolute atomic E-state index is 0. The topological polar surface area (TPSA) is 62.7 Å². The summed E-state index contributed by atoms with van der Waals surface area (Å²) in [7, 11) is 0. The van der Waals surface area contributed by atoms with Crippen LogP contribution in [-0.2, 0) is 6.54 Å². The normalized spacial score (nSPS) is 15.8. The van der Waals surface area contributed by atoms with Gasteiger partial charge in [0.05, 0.1) is 6.54 Å². The highest BCUT2D eigenvalue weighted by Gasteiger charge is 2.21. The van der Waals surface area contributed by atoms with Crippen molar-refractivity contribution in [3.05, 3.63) is 52.2 Å². The van der Waals surface area contributed by atoms with E-state index in [0.29, 0.717) is 12.5 Å². The third-order valence-electron chi connectivity index (χ3n) is 3.68. The van der Waals surface area contributed by atoms with E-state index in [9.17, 15) is 4.79 Å². The lowest BCUT2D eigenvalue weighted by Gasteiger charge is -2.22. The number of H-pyrrole nitrogens is 1. The Hall–Kier alpha value is -1.59. The second-order valence-electron chi connectivity index (χ2n) is 4.98. The molecule has 2 heterocycles. The fourth-order valence-corrected chi connectivity index (χ4v) is 2.64. The van der Waals surface area contributed by atoms with Crippen molar-refractivity contribution in [1.29, 1.82) is 0 Å². The van der Waals surface area contributed by atoms with Gasteiger partial charge in [-0.2, -0.15) is 5.10 Å². The predicted molar refractivity (Wildman–Crippen MR) is 80.5 cm³/mol. The van der Waals surface area contributed by atoms with Crippen molar-refractivity contribution in [3.63, 3.8) is 0 Å². The fourth-order valence-electron chi connectivity index (χ4n) is 2.64. The van der Waals surface area contributed by atoms with E-state index in [0.717, 1.165) is 37.3 Å². The third-order valence-corrected chi connectivity index (χ3v) is 3.68. The molecule has 0 spiro atoms. The first-order valence-electron chi connectivity index (χ1n) is 6.74. The molecule has 1 saturated heterocycles. The highest BCUT2D eigenvalue weighted by Crippen LogP contribution is 2.22. The fraction of sp³-hybridized carbons (Fsp3) is 0.429. The molecule has 1 aromatic carbocycles. The van der Waals surface area contributed by atoms with Crippen LogP contribution in [0.3, 0.4) is 0 Å². The number of piperidine rings is 1. The standard InChI is InChI=1S/C14H18N4O.ClH/c19-14-17-16-13(12-6-8-15-9-7-12)18(14)10-11-4-2-1-3-5-11;/h1-5,12,15H,6-10H2,(H,17,19);1H. The Balaban J connectivity index is 0.00000147. The monoisotopic (exact) mass is 294 g/mol. The van der Waals surface area contributed by atoms with Crippen LogP contribution < -0.4 is 11.0 Å². The molecule has 2 aromatic rings. The van der Waals surface area contributed by atoms with Crippen molar-refractivity contribution in [2.24, 2.45) is 0 Å². The average Bonchev–Trinajstić information content (AvgIpc) is 2.82. The van der Waals surface area contributed by atoms with E-state index in [-0.39, 0.29) is 18.1 Å². The van der Waals surface area contributed by atoms with Crippen molar-refractivity contribution >= 4 is 12.4 Å². The summed E-state index contributed by atoms with van der Waals surface area (Å²) in [5.41, 5.74) is 1.01. The molecule has 108 valence electrons. The van der Waals surface area contributed by atoms with Crippen LogP contribution in [0.25, 0.3) is 0 Å². The quantitative estimate of drug-likeness (QED) is 0.902. The second kappa shape index (κ2) is 6.72. The van der Waals surface area contributed by atoms with E-state index in [1.165, 1.54) is 0 Å². The zero-order valence-electron chi connectivity index (χ0n) is 11.2. The molecule has 0 atom stereocenters. The van der Waals surface area contributed by atoms with Gasteiger partial charge < -0.3 is 5.32 Å². The smallest absolute Gasteiger partial charge is 0.317 e. The molecule has 0 amide bonds. The number of halogens is 1. The Morgan fingerprint density at radius 1 is 1.20 bits per heavy atom. The number of aromatic amines is 1. The molecule has 0 unspecified atom stereocenters. The zero-order chi connectivity index (χ0) is 13.1. The van der Waals surface area contributed by atoms with Crippen molar-refractivity contribution < 1.29 is 0 Å². The molecular weight excluding hydrogens is 276 g/mol. The number of benzene rings is 1. The van der Waals surface area contributed by atoms with E-state index < -0.39 is 0 Å². The van der Waals surface area contributed by atoms with E-state index in [1.807, 2.05) is 30.3 Å². The summed E-state index contributed by atoms with van der Waals surface area (Å²) in [6, 6.07) is 10.0. The van der Waals surface area contributed by atoms with Gasteiger partial charge in [-0.1, -0.05) is 30.3 Å². The van der Waals surface area contributed by atoms with Gasteiger partial charge in [-0.15, -0.1) is 12.4 Å². The summed E-state index contributed by atoms with van der Waals surface area (Å²) in [6.45, 7) is 2.59. The van der Waals surface area contributed by atoms with Crippen molar-refractivity contribution in [2.75, 3.05) is 13.1 Å². The van der Waals surface area contributed by atoms with E-state index in [4.69, 9.17) is 0 Å². The van der Waals surface area contributed by atoms with Crippen LogP contribution in [0.2, 0.25) is 0 Å². The summed E-state index contributed by atoms with van der Waals surface area (Å²) >= 11 is 0. The Morgan fingerprint density at radius 3 is 2.60 bits per heavy atom. The van der Waals surface area contributed by atoms with Gasteiger partial charge in [0.2, 0.25) is 0 Å². The minimum atomic E-state index is -0.114. The van der Waals surface area contributed by atoms with Crippen molar-refractivity contribution in [1.82, 2.24) is 20.1 Å². The van der Waals surface area contributed by atoms with Gasteiger partial charge in [0.15, 0.2) is 0 Å². The van der Waals surface area contributed by atoms with Gasteiger partial charge in [0.1, 0.15) is 5.82 Å². The van der Waals surface area contributed by atoms with Gasteiger partial charge in [-0.3, -0.25) is 4.57 Å². The summed E-state index contributed by atoms with van der Waals surface area (Å²) in [4.78, 5) is 11.9. The average molecular weight is 295 g/mol. The Bertz CT molecular complexity index is 587. The Labute approximate surface area is 123 Å². The molecule has 2 N–H and O–H groups in total. The molecule has 3 rings (SSSR count). The summed E-state index contributed by atoms with van der Waals surface area (Å²) in [5, 5.41) is 10.2. The molecule has 6 heteroatoms. The first-order valence-corrected chi connectivity index (χ1v) is 6.74. The molecule has 0 saturated carbocycles. The van der Waals surface area contributed by atoms with Gasteiger partial charge in [-0.05, 0) is 31.5 Å². The molecule has 1 aromatic heterocycles. The molecule has 1 fully saturated rings. The van der Waals surface area contributed by atoms with Crippen LogP contribution in [0.4, 0.5) is 0 Å². The molecule has 1 aliphatic rings. The maximum atomic E-state index is 11.9. The highest BCUT2D eigenvalue weighted by molar-refractivity contribution is 5.85. The number of hydrogen-bond donors (Lipinski definition) is 2. The van der Waals surface area contributed by atoms with Gasteiger partial charge in [-0.25, -0.2) is 9.89 Å². The number of aromatic nitrogens is 3. The van der Waals surface area contributed by atoms with Crippen LogP contribution >= 0.6 is 12.4 Å². The van der Waals surface area contributed by atoms with Crippen molar-refractivity contribution in [2.45, 2.75) is 25.3 Å². The van der Waals surface area contributed by atoms with Crippen LogP contribution in [0.15, 0.2) is 35.1 Å². The lowest BCUT2D eigenvalue weighted by atomic mass is 9.97. The lowest BCUT2D eigenvalue weighted by molar-refractivity contribution is 0.432. The number of rotatable bonds is 3. The second-order valence-corrected chi connectivity index (χ2v) is 4.98. The first kappa shape index (κ1) is 14.8. The Morgan fingerprint density at radius 2 is 1.90 bits per heavy atom. The lowest BCUT2D eigenvalue weighted by Crippen LogP contribution is -2.29. The maximum absolute atomic E-state index is 11.9. The number of hydrogen-bond acceptors (Lipinski definition) is 3. The zero-order valence-corrected chi connectivity index (χ0v) is 12.0. The van der Waals surface area contributed by atoms with Crippen LogP contribution in [0, 0.1) is 0 Å². The van der Waals surface area contributed by atoms with Gasteiger partial charge in [0, 0.05) is 5.92 Å². The minimum Gasteiger partial charge on any atom is -0.317 e. The summed E-state index contributed by atoms with van der Waals surface area (Å²) < 4.78 is 1.77. The predicted octanol–water partition coefficient (Wildman–Crippen LogP) is 1.51. The SMILES string of the molecule is Cl.O=c1[nH]nc(C2CCNCC2)n1Cc1ccccc1. The van der Waals surface area contributed by atoms with Gasteiger partial charge in [0.25, 0.3) is 0 Å². The molecule has 0 radical (unpaired) electrons. The highest BCUT2D eigenvalue weighted by atomic mass is 35.5. The molecule has 20 heavy (non-hydrogen) atoms. The van der Waals surface area contributed by atoms with Gasteiger partial charge >= 0.3 is 5.69 Å². The molecule has 5 nitrogen and oxygen atoms in total. The largest absolute Gasteiger partial charge is 0.343 e. The van der Waals surface area contributed by atoms with Crippen LogP contribution in [0.5, 0.6) is 0 Å². The first-order chi connectivity index (χ1) is 9.34. The molecule has 1 aliphatic heterocycles. The molecule has 0 bridgehead atoms. The number of nitrogens with zero attached hydrogens (tertiary/aromatic N) is 2. The Kier molecular flexibility index (Phi) is 4.98. The van der Waals surface area contributed by atoms with E-state index >= 15 is 0 Å². The molecular formula is C14H19ClN4O.